The largest absolute Gasteiger partial charge is 0.314 e. The topological polar surface area (TPSA) is 9.23 Å². The molecule has 0 rings (SSSR count). The second-order valence-corrected chi connectivity index (χ2v) is 1.41. The highest BCUT2D eigenvalue weighted by Crippen LogP contribution is 2.11. The first kappa shape index (κ1) is 6.17. The molecule has 0 saturated heterocycles. The number of hydrogen-bond donors (Lipinski definition) is 0. The number of hydrogen-bond acceptors (Lipinski definition) is 2. The van der Waals surface area contributed by atoms with E-state index in [0.29, 0.717) is 0 Å². The maximum Gasteiger partial charge on any atom is 0.308 e. The molecule has 0 heterocycles. The van der Waals surface area contributed by atoms with Gasteiger partial charge in [0.05, 0.1) is 19.2 Å². The van der Waals surface area contributed by atoms with E-state index in [0.717, 1.165) is 0 Å². The van der Waals surface area contributed by atoms with Crippen LogP contribution in [0, 0.1) is 0 Å². The fraction of sp³-hybridized carbons (Fsp3) is 1.00. The molecule has 0 spiro atoms. The molecule has 38 valence electrons. The Morgan fingerprint density at radius 3 is 2.17 bits per heavy atom. The first-order valence-electron chi connectivity index (χ1n) is 1.25. The summed E-state index contributed by atoms with van der Waals surface area (Å²) in [6.45, 7) is 0. The average molecular weight is 114 g/mol. The van der Waals surface area contributed by atoms with Gasteiger partial charge in [0, 0.05) is 0 Å². The molecular weight excluding hydrogens is 110 g/mol. The summed E-state index contributed by atoms with van der Waals surface area (Å²) >= 11 is 0.153. The van der Waals surface area contributed by atoms with E-state index < -0.39 is 5.76 Å². The normalized spacial score (nSPS) is 10.0. The van der Waals surface area contributed by atoms with Gasteiger partial charge in [-0.15, -0.1) is 0 Å². The summed E-state index contributed by atoms with van der Waals surface area (Å²) in [4.78, 5) is 0. The maximum absolute atomic E-state index is 10.9. The fourth-order valence-electron chi connectivity index (χ4n) is 0.0727. The van der Waals surface area contributed by atoms with Crippen molar-refractivity contribution in [3.8, 4) is 0 Å². The van der Waals surface area contributed by atoms with E-state index in [1.807, 2.05) is 0 Å². The Labute approximate surface area is 38.9 Å². The summed E-state index contributed by atoms with van der Waals surface area (Å²) in [6.07, 6.45) is 0. The minimum atomic E-state index is -2.41. The van der Waals surface area contributed by atoms with Crippen LogP contribution in [0.3, 0.4) is 0 Å². The fourth-order valence-corrected chi connectivity index (χ4v) is 0.218. The first-order valence-corrected chi connectivity index (χ1v) is 2.05. The summed E-state index contributed by atoms with van der Waals surface area (Å²) in [6, 6.07) is 0. The van der Waals surface area contributed by atoms with E-state index in [1.54, 1.807) is 0 Å². The average Bonchev–Trinajstić information content (AvgIpc) is 1.35. The Morgan fingerprint density at radius 2 is 2.17 bits per heavy atom. The molecule has 0 aliphatic rings. The van der Waals surface area contributed by atoms with Crippen LogP contribution in [0.2, 0.25) is 0 Å². The van der Waals surface area contributed by atoms with Crippen LogP contribution in [0.5, 0.6) is 0 Å². The molecule has 0 fully saturated rings. The second-order valence-electron chi connectivity index (χ2n) is 0.524. The summed E-state index contributed by atoms with van der Waals surface area (Å²) in [5.41, 5.74) is 0. The molecule has 6 heavy (non-hydrogen) atoms. The van der Waals surface area contributed by atoms with Gasteiger partial charge in [0.2, 0.25) is 0 Å². The van der Waals surface area contributed by atoms with Gasteiger partial charge >= 0.3 is 5.76 Å². The number of halogens is 2. The molecule has 0 atom stereocenters. The predicted molar refractivity (Wildman–Crippen MR) is 20.6 cm³/mol. The van der Waals surface area contributed by atoms with Crippen LogP contribution in [-0.2, 0) is 4.18 Å². The van der Waals surface area contributed by atoms with E-state index in [9.17, 15) is 8.78 Å². The number of rotatable bonds is 2. The molecule has 0 aromatic rings. The molecule has 0 saturated carbocycles. The van der Waals surface area contributed by atoms with Gasteiger partial charge in [0.25, 0.3) is 0 Å². The smallest absolute Gasteiger partial charge is 0.308 e. The van der Waals surface area contributed by atoms with Crippen LogP contribution in [-0.4, -0.2) is 12.9 Å². The van der Waals surface area contributed by atoms with Crippen molar-refractivity contribution in [1.82, 2.24) is 0 Å². The third-order valence-corrected chi connectivity index (χ3v) is 0.507. The predicted octanol–water partition coefficient (Wildman–Crippen LogP) is 1.50. The molecule has 0 bridgehead atoms. The third-order valence-electron chi connectivity index (χ3n) is 0.169. The zero-order chi connectivity index (χ0) is 4.99. The molecule has 0 aromatic heterocycles. The molecular formula is C2H4F2OS. The van der Waals surface area contributed by atoms with Gasteiger partial charge in [-0.25, -0.2) is 0 Å². The zero-order valence-electron chi connectivity index (χ0n) is 3.15. The van der Waals surface area contributed by atoms with Crippen LogP contribution in [0.25, 0.3) is 0 Å². The third kappa shape index (κ3) is 4.17. The van der Waals surface area contributed by atoms with Crippen LogP contribution in [0.4, 0.5) is 8.78 Å². The lowest BCUT2D eigenvalue weighted by Crippen LogP contribution is -1.78. The molecule has 0 amide bonds. The van der Waals surface area contributed by atoms with Gasteiger partial charge in [-0.05, 0) is 0 Å². The van der Waals surface area contributed by atoms with Gasteiger partial charge < -0.3 is 4.18 Å². The monoisotopic (exact) mass is 114 g/mol. The van der Waals surface area contributed by atoms with Gasteiger partial charge in [0.1, 0.15) is 0 Å². The van der Waals surface area contributed by atoms with Crippen molar-refractivity contribution in [2.75, 3.05) is 7.11 Å². The summed E-state index contributed by atoms with van der Waals surface area (Å²) in [7, 11) is 1.21. The lowest BCUT2D eigenvalue weighted by atomic mass is 11.7. The van der Waals surface area contributed by atoms with Crippen molar-refractivity contribution >= 4 is 12.0 Å². The van der Waals surface area contributed by atoms with Gasteiger partial charge in [-0.1, -0.05) is 0 Å². The Hall–Kier alpha value is 0.170. The van der Waals surface area contributed by atoms with Crippen LogP contribution < -0.4 is 0 Å². The summed E-state index contributed by atoms with van der Waals surface area (Å²) < 4.78 is 25.7. The van der Waals surface area contributed by atoms with E-state index in [4.69, 9.17) is 0 Å². The molecule has 0 aliphatic carbocycles. The lowest BCUT2D eigenvalue weighted by Gasteiger charge is -1.88. The van der Waals surface area contributed by atoms with Crippen molar-refractivity contribution in [2.45, 2.75) is 5.76 Å². The van der Waals surface area contributed by atoms with Crippen molar-refractivity contribution in [3.63, 3.8) is 0 Å². The van der Waals surface area contributed by atoms with Gasteiger partial charge in [-0.3, -0.25) is 0 Å². The quantitative estimate of drug-likeness (QED) is 0.503. The maximum atomic E-state index is 10.9. The van der Waals surface area contributed by atoms with Crippen molar-refractivity contribution in [3.05, 3.63) is 0 Å². The standard InChI is InChI=1S/C2H4F2OS/c1-5-6-2(3)4/h2H,1H3. The minimum Gasteiger partial charge on any atom is -0.314 e. The van der Waals surface area contributed by atoms with Gasteiger partial charge in [0.15, 0.2) is 0 Å². The molecule has 1 nitrogen and oxygen atoms in total. The van der Waals surface area contributed by atoms with Crippen molar-refractivity contribution in [1.29, 1.82) is 0 Å². The van der Waals surface area contributed by atoms with Crippen molar-refractivity contribution < 1.29 is 13.0 Å². The van der Waals surface area contributed by atoms with E-state index in [-0.39, 0.29) is 12.0 Å². The molecule has 4 heteroatoms. The highest BCUT2D eigenvalue weighted by molar-refractivity contribution is 7.94. The van der Waals surface area contributed by atoms with Crippen LogP contribution in [0.1, 0.15) is 0 Å². The second kappa shape index (κ2) is 3.36. The lowest BCUT2D eigenvalue weighted by molar-refractivity contribution is 0.239. The van der Waals surface area contributed by atoms with Gasteiger partial charge in [-0.2, -0.15) is 8.78 Å². The number of alkyl halides is 2. The van der Waals surface area contributed by atoms with E-state index >= 15 is 0 Å². The van der Waals surface area contributed by atoms with Crippen LogP contribution in [0.15, 0.2) is 0 Å². The summed E-state index contributed by atoms with van der Waals surface area (Å²) in [5.74, 6) is -2.41. The molecule has 0 aromatic carbocycles. The zero-order valence-corrected chi connectivity index (χ0v) is 3.97. The molecule has 0 N–H and O–H groups in total. The molecule has 0 aliphatic heterocycles. The Bertz CT molecular complexity index is 32.7. The Kier molecular flexibility index (Phi) is 3.46. The highest BCUT2D eigenvalue weighted by Gasteiger charge is 1.98. The van der Waals surface area contributed by atoms with E-state index in [1.165, 1.54) is 7.11 Å². The minimum absolute atomic E-state index is 0.153. The highest BCUT2D eigenvalue weighted by atomic mass is 32.2. The SMILES string of the molecule is COSC(F)F. The Balaban J connectivity index is 2.63. The van der Waals surface area contributed by atoms with E-state index in [2.05, 4.69) is 4.18 Å². The molecule has 0 radical (unpaired) electrons. The van der Waals surface area contributed by atoms with Crippen molar-refractivity contribution in [2.24, 2.45) is 0 Å². The van der Waals surface area contributed by atoms with Crippen LogP contribution >= 0.6 is 12.0 Å². The first-order chi connectivity index (χ1) is 2.77. The Morgan fingerprint density at radius 1 is 1.67 bits per heavy atom. The molecule has 0 unspecified atom stereocenters. The summed E-state index contributed by atoms with van der Waals surface area (Å²) in [5, 5.41) is 0.